The van der Waals surface area contributed by atoms with Crippen molar-refractivity contribution in [1.29, 1.82) is 0 Å². The average Bonchev–Trinajstić information content (AvgIpc) is 3.13. The van der Waals surface area contributed by atoms with E-state index in [9.17, 15) is 4.79 Å². The Morgan fingerprint density at radius 2 is 1.76 bits per heavy atom. The lowest BCUT2D eigenvalue weighted by molar-refractivity contribution is 0.0520. The Hall–Kier alpha value is -1.92. The highest BCUT2D eigenvalue weighted by Gasteiger charge is 2.28. The van der Waals surface area contributed by atoms with Gasteiger partial charge in [0, 0.05) is 12.1 Å². The molecule has 0 aromatic carbocycles. The van der Waals surface area contributed by atoms with Gasteiger partial charge < -0.3 is 9.72 Å². The SMILES string of the molecule is CCOC(=O)c1[nH]cnc1N=NN(C1CCCCC1)C1CCCCC1. The molecule has 0 aliphatic heterocycles. The number of hydrogen-bond donors (Lipinski definition) is 1. The minimum absolute atomic E-state index is 0.276. The van der Waals surface area contributed by atoms with Gasteiger partial charge in [-0.15, -0.1) is 5.11 Å². The van der Waals surface area contributed by atoms with Gasteiger partial charge in [0.15, 0.2) is 5.69 Å². The Labute approximate surface area is 149 Å². The number of H-pyrrole nitrogens is 1. The van der Waals surface area contributed by atoms with Crippen molar-refractivity contribution in [2.24, 2.45) is 10.3 Å². The summed E-state index contributed by atoms with van der Waals surface area (Å²) in [5, 5.41) is 11.1. The second-order valence-corrected chi connectivity index (χ2v) is 6.97. The van der Waals surface area contributed by atoms with Gasteiger partial charge >= 0.3 is 5.97 Å². The van der Waals surface area contributed by atoms with Gasteiger partial charge in [0.1, 0.15) is 0 Å². The molecule has 2 fully saturated rings. The molecule has 138 valence electrons. The third-order valence-electron chi connectivity index (χ3n) is 5.24. The van der Waals surface area contributed by atoms with Crippen LogP contribution in [-0.4, -0.2) is 39.6 Å². The fourth-order valence-electron chi connectivity index (χ4n) is 3.95. The molecule has 1 N–H and O–H groups in total. The summed E-state index contributed by atoms with van der Waals surface area (Å²) in [6.45, 7) is 2.11. The Balaban J connectivity index is 1.76. The number of hydrogen-bond acceptors (Lipinski definition) is 5. The zero-order valence-corrected chi connectivity index (χ0v) is 15.1. The highest BCUT2D eigenvalue weighted by Crippen LogP contribution is 2.31. The second-order valence-electron chi connectivity index (χ2n) is 6.97. The van der Waals surface area contributed by atoms with Crippen LogP contribution in [0, 0.1) is 0 Å². The van der Waals surface area contributed by atoms with Crippen molar-refractivity contribution in [3.8, 4) is 0 Å². The molecule has 0 spiro atoms. The van der Waals surface area contributed by atoms with Crippen LogP contribution in [0.5, 0.6) is 0 Å². The van der Waals surface area contributed by atoms with Gasteiger partial charge in [0.05, 0.1) is 12.9 Å². The molecule has 7 nitrogen and oxygen atoms in total. The van der Waals surface area contributed by atoms with E-state index in [-0.39, 0.29) is 5.69 Å². The van der Waals surface area contributed by atoms with Gasteiger partial charge in [-0.25, -0.2) is 9.78 Å². The van der Waals surface area contributed by atoms with Crippen LogP contribution in [0.3, 0.4) is 0 Å². The van der Waals surface area contributed by atoms with Gasteiger partial charge in [-0.2, -0.15) is 0 Å². The number of esters is 1. The summed E-state index contributed by atoms with van der Waals surface area (Å²) >= 11 is 0. The van der Waals surface area contributed by atoms with Crippen LogP contribution in [0.25, 0.3) is 0 Å². The van der Waals surface area contributed by atoms with Gasteiger partial charge in [-0.05, 0) is 32.6 Å². The van der Waals surface area contributed by atoms with Crippen LogP contribution in [0.4, 0.5) is 5.82 Å². The monoisotopic (exact) mass is 347 g/mol. The van der Waals surface area contributed by atoms with E-state index in [4.69, 9.17) is 4.74 Å². The molecule has 0 saturated heterocycles. The van der Waals surface area contributed by atoms with E-state index in [0.29, 0.717) is 24.5 Å². The number of carbonyl (C=O) groups is 1. The van der Waals surface area contributed by atoms with Crippen molar-refractivity contribution in [2.75, 3.05) is 6.61 Å². The molecule has 1 aromatic heterocycles. The summed E-state index contributed by atoms with van der Waals surface area (Å²) in [6, 6.07) is 0.927. The fourth-order valence-corrected chi connectivity index (χ4v) is 3.95. The zero-order valence-electron chi connectivity index (χ0n) is 15.1. The maximum absolute atomic E-state index is 12.0. The normalized spacial score (nSPS) is 20.0. The van der Waals surface area contributed by atoms with Crippen molar-refractivity contribution in [3.63, 3.8) is 0 Å². The van der Waals surface area contributed by atoms with E-state index in [1.807, 2.05) is 0 Å². The number of nitrogens with one attached hydrogen (secondary N) is 1. The van der Waals surface area contributed by atoms with Gasteiger partial charge in [-0.1, -0.05) is 43.7 Å². The number of carbonyl (C=O) groups excluding carboxylic acids is 1. The molecular formula is C18H29N5O2. The van der Waals surface area contributed by atoms with E-state index < -0.39 is 5.97 Å². The van der Waals surface area contributed by atoms with Crippen LogP contribution in [0.2, 0.25) is 0 Å². The largest absolute Gasteiger partial charge is 0.461 e. The van der Waals surface area contributed by atoms with Crippen molar-refractivity contribution >= 4 is 11.8 Å². The first-order valence-corrected chi connectivity index (χ1v) is 9.70. The lowest BCUT2D eigenvalue weighted by atomic mass is 9.90. The van der Waals surface area contributed by atoms with Crippen molar-refractivity contribution < 1.29 is 9.53 Å². The predicted octanol–water partition coefficient (Wildman–Crippen LogP) is 4.55. The zero-order chi connectivity index (χ0) is 17.5. The van der Waals surface area contributed by atoms with E-state index in [1.54, 1.807) is 6.92 Å². The standard InChI is InChI=1S/C18H29N5O2/c1-2-25-18(24)16-17(20-13-19-16)21-22-23(14-9-5-3-6-10-14)15-11-7-4-8-12-15/h13-15H,2-12H2,1H3,(H,19,20). The molecule has 0 amide bonds. The molecule has 2 saturated carbocycles. The minimum atomic E-state index is -0.434. The molecule has 7 heteroatoms. The number of imidazole rings is 1. The summed E-state index contributed by atoms with van der Waals surface area (Å²) in [6.07, 6.45) is 13.9. The minimum Gasteiger partial charge on any atom is -0.461 e. The maximum atomic E-state index is 12.0. The van der Waals surface area contributed by atoms with Crippen LogP contribution >= 0.6 is 0 Å². The van der Waals surface area contributed by atoms with Crippen molar-refractivity contribution in [1.82, 2.24) is 15.0 Å². The molecule has 2 aliphatic carbocycles. The summed E-state index contributed by atoms with van der Waals surface area (Å²) in [5.74, 6) is -0.120. The predicted molar refractivity (Wildman–Crippen MR) is 94.6 cm³/mol. The second kappa shape index (κ2) is 8.97. The first-order chi connectivity index (χ1) is 12.3. The van der Waals surface area contributed by atoms with Gasteiger partial charge in [0.2, 0.25) is 5.82 Å². The molecule has 2 aliphatic rings. The number of rotatable bonds is 6. The topological polar surface area (TPSA) is 82.9 Å². The molecule has 3 rings (SSSR count). The van der Waals surface area contributed by atoms with Crippen LogP contribution < -0.4 is 0 Å². The summed E-state index contributed by atoms with van der Waals surface area (Å²) in [7, 11) is 0. The van der Waals surface area contributed by atoms with Crippen LogP contribution in [-0.2, 0) is 4.74 Å². The molecule has 1 aromatic rings. The summed E-state index contributed by atoms with van der Waals surface area (Å²) in [5.41, 5.74) is 0.276. The fraction of sp³-hybridized carbons (Fsp3) is 0.778. The molecule has 0 radical (unpaired) electrons. The first kappa shape index (κ1) is 17.9. The van der Waals surface area contributed by atoms with E-state index >= 15 is 0 Å². The summed E-state index contributed by atoms with van der Waals surface area (Å²) < 4.78 is 5.04. The van der Waals surface area contributed by atoms with Crippen molar-refractivity contribution in [2.45, 2.75) is 83.2 Å². The van der Waals surface area contributed by atoms with E-state index in [0.717, 1.165) is 0 Å². The smallest absolute Gasteiger partial charge is 0.358 e. The highest BCUT2D eigenvalue weighted by molar-refractivity contribution is 5.91. The molecule has 25 heavy (non-hydrogen) atoms. The van der Waals surface area contributed by atoms with Crippen LogP contribution in [0.15, 0.2) is 16.7 Å². The quantitative estimate of drug-likeness (QED) is 0.465. The molecule has 0 unspecified atom stereocenters. The maximum Gasteiger partial charge on any atom is 0.358 e. The summed E-state index contributed by atoms with van der Waals surface area (Å²) in [4.78, 5) is 18.9. The van der Waals surface area contributed by atoms with E-state index in [1.165, 1.54) is 70.5 Å². The molecule has 1 heterocycles. The Morgan fingerprint density at radius 3 is 2.32 bits per heavy atom. The third-order valence-corrected chi connectivity index (χ3v) is 5.24. The van der Waals surface area contributed by atoms with E-state index in [2.05, 4.69) is 25.3 Å². The Bertz CT molecular complexity index is 556. The Kier molecular flexibility index (Phi) is 6.42. The van der Waals surface area contributed by atoms with Gasteiger partial charge in [0.25, 0.3) is 0 Å². The van der Waals surface area contributed by atoms with Crippen molar-refractivity contribution in [3.05, 3.63) is 12.0 Å². The van der Waals surface area contributed by atoms with Gasteiger partial charge in [-0.3, -0.25) is 5.01 Å². The molecule has 0 bridgehead atoms. The molecule has 0 atom stereocenters. The number of aromatic amines is 1. The number of ether oxygens (including phenoxy) is 1. The number of nitrogens with zero attached hydrogens (tertiary/aromatic N) is 4. The lowest BCUT2D eigenvalue weighted by Gasteiger charge is -2.38. The Morgan fingerprint density at radius 1 is 1.16 bits per heavy atom. The first-order valence-electron chi connectivity index (χ1n) is 9.70. The lowest BCUT2D eigenvalue weighted by Crippen LogP contribution is -2.41. The average molecular weight is 347 g/mol. The number of aromatic nitrogens is 2. The molecular weight excluding hydrogens is 318 g/mol. The third kappa shape index (κ3) is 4.58. The van der Waals surface area contributed by atoms with Crippen LogP contribution in [0.1, 0.15) is 81.6 Å². The highest BCUT2D eigenvalue weighted by atomic mass is 16.5.